The molecular weight excluding hydrogens is 293 g/mol. The second-order valence-corrected chi connectivity index (χ2v) is 5.22. The third-order valence-electron chi connectivity index (χ3n) is 2.09. The Hall–Kier alpha value is -0.550. The van der Waals surface area contributed by atoms with Crippen LogP contribution in [0.5, 0.6) is 0 Å². The van der Waals surface area contributed by atoms with Crippen molar-refractivity contribution in [2.45, 2.75) is 19.1 Å². The fourth-order valence-corrected chi connectivity index (χ4v) is 1.40. The van der Waals surface area contributed by atoms with Gasteiger partial charge in [-0.15, -0.1) is 0 Å². The van der Waals surface area contributed by atoms with Crippen LogP contribution in [0.1, 0.15) is 13.8 Å². The average molecular weight is 306 g/mol. The lowest BCUT2D eigenvalue weighted by molar-refractivity contribution is -0.116. The molecular formula is C11H13BrFNOS. The Labute approximate surface area is 108 Å². The van der Waals surface area contributed by atoms with E-state index in [-0.39, 0.29) is 11.8 Å². The molecule has 0 fully saturated rings. The summed E-state index contributed by atoms with van der Waals surface area (Å²) in [7, 11) is 0. The summed E-state index contributed by atoms with van der Waals surface area (Å²) in [5, 5.41) is 2.22. The molecule has 1 aromatic rings. The predicted molar refractivity (Wildman–Crippen MR) is 70.3 cm³/mol. The summed E-state index contributed by atoms with van der Waals surface area (Å²) in [5.74, 6) is -0.498. The molecule has 0 spiro atoms. The first-order valence-electron chi connectivity index (χ1n) is 4.86. The van der Waals surface area contributed by atoms with E-state index in [1.807, 2.05) is 13.8 Å². The molecule has 1 atom stereocenters. The summed E-state index contributed by atoms with van der Waals surface area (Å²) in [4.78, 5) is 11.6. The van der Waals surface area contributed by atoms with E-state index in [2.05, 4.69) is 33.9 Å². The van der Waals surface area contributed by atoms with Crippen LogP contribution in [-0.2, 0) is 4.79 Å². The molecule has 0 aliphatic heterocycles. The van der Waals surface area contributed by atoms with Gasteiger partial charge in [-0.3, -0.25) is 4.79 Å². The van der Waals surface area contributed by atoms with Gasteiger partial charge in [0.25, 0.3) is 0 Å². The van der Waals surface area contributed by atoms with Crippen molar-refractivity contribution in [1.82, 2.24) is 0 Å². The molecule has 2 nitrogen and oxygen atoms in total. The minimum atomic E-state index is -0.405. The lowest BCUT2D eigenvalue weighted by Crippen LogP contribution is -2.27. The third kappa shape index (κ3) is 3.49. The van der Waals surface area contributed by atoms with Crippen molar-refractivity contribution in [2.75, 3.05) is 5.32 Å². The molecule has 1 N–H and O–H groups in total. The number of carbonyl (C=O) groups is 1. The highest BCUT2D eigenvalue weighted by molar-refractivity contribution is 9.10. The SMILES string of the molecule is CC(C)C(S)C(=O)Nc1ccc(Br)c(F)c1. The number of amides is 1. The molecule has 0 bridgehead atoms. The number of hydrogen-bond donors (Lipinski definition) is 2. The van der Waals surface area contributed by atoms with Gasteiger partial charge < -0.3 is 5.32 Å². The normalized spacial score (nSPS) is 12.6. The highest BCUT2D eigenvalue weighted by atomic mass is 79.9. The van der Waals surface area contributed by atoms with E-state index in [0.717, 1.165) is 0 Å². The molecule has 0 saturated heterocycles. The van der Waals surface area contributed by atoms with Gasteiger partial charge in [-0.05, 0) is 40.0 Å². The number of rotatable bonds is 3. The molecule has 16 heavy (non-hydrogen) atoms. The molecule has 0 aliphatic rings. The van der Waals surface area contributed by atoms with Crippen molar-refractivity contribution in [2.24, 2.45) is 5.92 Å². The first kappa shape index (κ1) is 13.5. The Bertz CT molecular complexity index is 398. The van der Waals surface area contributed by atoms with Gasteiger partial charge in [-0.25, -0.2) is 4.39 Å². The Morgan fingerprint density at radius 3 is 2.62 bits per heavy atom. The van der Waals surface area contributed by atoms with Crippen LogP contribution in [0.4, 0.5) is 10.1 Å². The zero-order chi connectivity index (χ0) is 12.3. The van der Waals surface area contributed by atoms with Crippen LogP contribution in [0.25, 0.3) is 0 Å². The fourth-order valence-electron chi connectivity index (χ4n) is 1.09. The topological polar surface area (TPSA) is 29.1 Å². The van der Waals surface area contributed by atoms with E-state index < -0.39 is 11.1 Å². The molecule has 0 heterocycles. The van der Waals surface area contributed by atoms with E-state index in [9.17, 15) is 9.18 Å². The Morgan fingerprint density at radius 2 is 2.12 bits per heavy atom. The van der Waals surface area contributed by atoms with Gasteiger partial charge in [-0.1, -0.05) is 13.8 Å². The second kappa shape index (κ2) is 5.68. The average Bonchev–Trinajstić information content (AvgIpc) is 2.22. The van der Waals surface area contributed by atoms with Crippen molar-refractivity contribution >= 4 is 40.2 Å². The molecule has 1 amide bonds. The first-order chi connectivity index (χ1) is 7.41. The minimum absolute atomic E-state index is 0.128. The van der Waals surface area contributed by atoms with E-state index in [1.54, 1.807) is 12.1 Å². The van der Waals surface area contributed by atoms with Crippen molar-refractivity contribution in [3.63, 3.8) is 0 Å². The molecule has 1 aromatic carbocycles. The number of nitrogens with one attached hydrogen (secondary N) is 1. The minimum Gasteiger partial charge on any atom is -0.325 e. The lowest BCUT2D eigenvalue weighted by Gasteiger charge is -2.14. The zero-order valence-corrected chi connectivity index (χ0v) is 11.5. The standard InChI is InChI=1S/C11H13BrFNOS/c1-6(2)10(16)11(15)14-7-3-4-8(12)9(13)5-7/h3-6,10,16H,1-2H3,(H,14,15). The summed E-state index contributed by atoms with van der Waals surface area (Å²) in [6.07, 6.45) is 0. The maximum Gasteiger partial charge on any atom is 0.237 e. The summed E-state index contributed by atoms with van der Waals surface area (Å²) in [5.41, 5.74) is 0.436. The van der Waals surface area contributed by atoms with Crippen LogP contribution < -0.4 is 5.32 Å². The molecule has 0 aromatic heterocycles. The van der Waals surface area contributed by atoms with Gasteiger partial charge in [0, 0.05) is 5.69 Å². The highest BCUT2D eigenvalue weighted by Gasteiger charge is 2.17. The lowest BCUT2D eigenvalue weighted by atomic mass is 10.1. The molecule has 0 aliphatic carbocycles. The smallest absolute Gasteiger partial charge is 0.237 e. The maximum atomic E-state index is 13.2. The summed E-state index contributed by atoms with van der Waals surface area (Å²) >= 11 is 7.23. The van der Waals surface area contributed by atoms with Crippen LogP contribution in [-0.4, -0.2) is 11.2 Å². The Morgan fingerprint density at radius 1 is 1.50 bits per heavy atom. The number of hydrogen-bond acceptors (Lipinski definition) is 2. The van der Waals surface area contributed by atoms with Gasteiger partial charge >= 0.3 is 0 Å². The number of thiol groups is 1. The van der Waals surface area contributed by atoms with Gasteiger partial charge in [0.1, 0.15) is 5.82 Å². The number of anilines is 1. The largest absolute Gasteiger partial charge is 0.325 e. The van der Waals surface area contributed by atoms with E-state index in [0.29, 0.717) is 10.2 Å². The molecule has 1 rings (SSSR count). The highest BCUT2D eigenvalue weighted by Crippen LogP contribution is 2.20. The molecule has 0 radical (unpaired) electrons. The van der Waals surface area contributed by atoms with Crippen LogP contribution >= 0.6 is 28.6 Å². The molecule has 1 unspecified atom stereocenters. The zero-order valence-electron chi connectivity index (χ0n) is 9.00. The van der Waals surface area contributed by atoms with E-state index in [1.165, 1.54) is 6.07 Å². The monoisotopic (exact) mass is 305 g/mol. The van der Waals surface area contributed by atoms with E-state index in [4.69, 9.17) is 0 Å². The molecule has 0 saturated carbocycles. The Balaban J connectivity index is 2.74. The first-order valence-corrected chi connectivity index (χ1v) is 6.16. The van der Waals surface area contributed by atoms with Gasteiger partial charge in [-0.2, -0.15) is 12.6 Å². The number of benzene rings is 1. The second-order valence-electron chi connectivity index (χ2n) is 3.81. The van der Waals surface area contributed by atoms with Gasteiger partial charge in [0.05, 0.1) is 9.72 Å². The van der Waals surface area contributed by atoms with Crippen LogP contribution in [0, 0.1) is 11.7 Å². The van der Waals surface area contributed by atoms with Crippen molar-refractivity contribution < 1.29 is 9.18 Å². The van der Waals surface area contributed by atoms with E-state index >= 15 is 0 Å². The van der Waals surface area contributed by atoms with Crippen LogP contribution in [0.2, 0.25) is 0 Å². The summed E-state index contributed by atoms with van der Waals surface area (Å²) in [6, 6.07) is 4.45. The quantitative estimate of drug-likeness (QED) is 0.823. The maximum absolute atomic E-state index is 13.2. The molecule has 5 heteroatoms. The summed E-state index contributed by atoms with van der Waals surface area (Å²) in [6.45, 7) is 3.80. The Kier molecular flexibility index (Phi) is 4.80. The number of halogens is 2. The van der Waals surface area contributed by atoms with Crippen molar-refractivity contribution in [3.05, 3.63) is 28.5 Å². The summed E-state index contributed by atoms with van der Waals surface area (Å²) < 4.78 is 13.5. The fraction of sp³-hybridized carbons (Fsp3) is 0.364. The van der Waals surface area contributed by atoms with Crippen LogP contribution in [0.15, 0.2) is 22.7 Å². The van der Waals surface area contributed by atoms with Crippen LogP contribution in [0.3, 0.4) is 0 Å². The van der Waals surface area contributed by atoms with Crippen molar-refractivity contribution in [3.8, 4) is 0 Å². The van der Waals surface area contributed by atoms with Gasteiger partial charge in [0.15, 0.2) is 0 Å². The van der Waals surface area contributed by atoms with Gasteiger partial charge in [0.2, 0.25) is 5.91 Å². The number of carbonyl (C=O) groups excluding carboxylic acids is 1. The predicted octanol–water partition coefficient (Wildman–Crippen LogP) is 3.48. The molecule has 88 valence electrons. The third-order valence-corrected chi connectivity index (χ3v) is 3.56. The van der Waals surface area contributed by atoms with Crippen molar-refractivity contribution in [1.29, 1.82) is 0 Å².